The molecule has 0 aliphatic carbocycles. The first kappa shape index (κ1) is 14.3. The monoisotopic (exact) mass is 273 g/mol. The number of nitrogens with zero attached hydrogens (tertiary/aromatic N) is 1. The molecule has 0 aliphatic heterocycles. The summed E-state index contributed by atoms with van der Waals surface area (Å²) in [6.07, 6.45) is 0.195. The highest BCUT2D eigenvalue weighted by Gasteiger charge is 2.10. The van der Waals surface area contributed by atoms with E-state index in [2.05, 4.69) is 10.4 Å². The van der Waals surface area contributed by atoms with Gasteiger partial charge in [0, 0.05) is 30.1 Å². The molecule has 2 N–H and O–H groups in total. The second kappa shape index (κ2) is 6.34. The van der Waals surface area contributed by atoms with Crippen molar-refractivity contribution >= 4 is 16.8 Å². The number of para-hydroxylation sites is 1. The minimum atomic E-state index is -0.186. The second-order valence-electron chi connectivity index (χ2n) is 4.59. The Bertz CT molecular complexity index is 659. The van der Waals surface area contributed by atoms with Crippen molar-refractivity contribution in [3.8, 4) is 0 Å². The first-order chi connectivity index (χ1) is 9.63. The zero-order chi connectivity index (χ0) is 14.5. The summed E-state index contributed by atoms with van der Waals surface area (Å²) in [5.74, 6) is -0.107. The number of nitrogens with one attached hydrogen (secondary N) is 2. The van der Waals surface area contributed by atoms with Crippen molar-refractivity contribution in [2.45, 2.75) is 20.3 Å². The fourth-order valence-electron chi connectivity index (χ4n) is 2.19. The molecular formula is C15H19N3O2. The number of H-pyrrole nitrogens is 1. The molecule has 2 rings (SSSR count). The van der Waals surface area contributed by atoms with Gasteiger partial charge in [-0.15, -0.1) is 0 Å². The van der Waals surface area contributed by atoms with Crippen LogP contribution in [0, 0.1) is 0 Å². The van der Waals surface area contributed by atoms with Crippen molar-refractivity contribution in [1.29, 1.82) is 0 Å². The quantitative estimate of drug-likeness (QED) is 0.810. The van der Waals surface area contributed by atoms with E-state index in [1.165, 1.54) is 6.07 Å². The van der Waals surface area contributed by atoms with Crippen LogP contribution in [0.5, 0.6) is 0 Å². The van der Waals surface area contributed by atoms with Crippen LogP contribution in [-0.2, 0) is 11.2 Å². The molecule has 0 unspecified atom stereocenters. The molecule has 0 saturated heterocycles. The molecule has 20 heavy (non-hydrogen) atoms. The van der Waals surface area contributed by atoms with Gasteiger partial charge < -0.3 is 4.98 Å². The summed E-state index contributed by atoms with van der Waals surface area (Å²) in [6.45, 7) is 5.45. The zero-order valence-corrected chi connectivity index (χ0v) is 11.8. The molecule has 1 aromatic carbocycles. The molecule has 0 bridgehead atoms. The third-order valence-corrected chi connectivity index (χ3v) is 3.23. The van der Waals surface area contributed by atoms with Crippen molar-refractivity contribution < 1.29 is 4.79 Å². The number of aromatic amines is 1. The maximum absolute atomic E-state index is 12.0. The largest absolute Gasteiger partial charge is 0.322 e. The van der Waals surface area contributed by atoms with E-state index < -0.39 is 0 Å². The lowest BCUT2D eigenvalue weighted by atomic mass is 10.1. The molecule has 1 amide bonds. The van der Waals surface area contributed by atoms with E-state index in [0.29, 0.717) is 0 Å². The van der Waals surface area contributed by atoms with Crippen LogP contribution in [0.25, 0.3) is 10.9 Å². The Kier molecular flexibility index (Phi) is 4.53. The smallest absolute Gasteiger partial charge is 0.248 e. The third kappa shape index (κ3) is 3.24. The van der Waals surface area contributed by atoms with E-state index >= 15 is 0 Å². The minimum Gasteiger partial charge on any atom is -0.322 e. The minimum absolute atomic E-state index is 0.107. The molecule has 106 valence electrons. The number of hydrazine groups is 1. The molecule has 0 spiro atoms. The molecule has 0 fully saturated rings. The Morgan fingerprint density at radius 3 is 2.65 bits per heavy atom. The summed E-state index contributed by atoms with van der Waals surface area (Å²) < 4.78 is 0. The summed E-state index contributed by atoms with van der Waals surface area (Å²) in [7, 11) is 0. The molecule has 0 aliphatic rings. The fourth-order valence-corrected chi connectivity index (χ4v) is 2.19. The molecule has 1 heterocycles. The van der Waals surface area contributed by atoms with E-state index in [-0.39, 0.29) is 17.9 Å². The van der Waals surface area contributed by atoms with Gasteiger partial charge >= 0.3 is 0 Å². The van der Waals surface area contributed by atoms with E-state index in [4.69, 9.17) is 0 Å². The van der Waals surface area contributed by atoms with Gasteiger partial charge in [-0.25, -0.2) is 5.01 Å². The highest BCUT2D eigenvalue weighted by molar-refractivity contribution is 5.87. The molecule has 0 saturated carbocycles. The van der Waals surface area contributed by atoms with Crippen molar-refractivity contribution in [2.24, 2.45) is 0 Å². The Morgan fingerprint density at radius 2 is 1.95 bits per heavy atom. The number of fused-ring (bicyclic) bond motifs is 1. The Balaban J connectivity index is 2.25. The number of pyridine rings is 1. The van der Waals surface area contributed by atoms with E-state index in [9.17, 15) is 9.59 Å². The van der Waals surface area contributed by atoms with Crippen molar-refractivity contribution in [1.82, 2.24) is 15.4 Å². The lowest BCUT2D eigenvalue weighted by Crippen LogP contribution is -2.42. The number of hydrogen-bond acceptors (Lipinski definition) is 3. The van der Waals surface area contributed by atoms with Crippen molar-refractivity contribution in [3.05, 3.63) is 46.2 Å². The standard InChI is InChI=1S/C15H19N3O2/c1-3-18(4-2)17-15(20)10-11-9-14(19)16-13-8-6-5-7-12(11)13/h5-9H,3-4,10H2,1-2H3,(H,16,19)(H,17,20). The Hall–Kier alpha value is -2.14. The maximum atomic E-state index is 12.0. The highest BCUT2D eigenvalue weighted by atomic mass is 16.2. The van der Waals surface area contributed by atoms with Gasteiger partial charge in [0.1, 0.15) is 0 Å². The fraction of sp³-hybridized carbons (Fsp3) is 0.333. The van der Waals surface area contributed by atoms with Gasteiger partial charge in [-0.05, 0) is 11.6 Å². The van der Waals surface area contributed by atoms with Crippen LogP contribution in [0.3, 0.4) is 0 Å². The van der Waals surface area contributed by atoms with E-state index in [1.54, 1.807) is 0 Å². The first-order valence-corrected chi connectivity index (χ1v) is 6.79. The number of amides is 1. The van der Waals surface area contributed by atoms with E-state index in [0.717, 1.165) is 29.6 Å². The van der Waals surface area contributed by atoms with Crippen LogP contribution in [0.4, 0.5) is 0 Å². The number of aromatic nitrogens is 1. The normalized spacial score (nSPS) is 10.9. The molecule has 2 aromatic rings. The van der Waals surface area contributed by atoms with Crippen LogP contribution >= 0.6 is 0 Å². The molecular weight excluding hydrogens is 254 g/mol. The molecule has 5 nitrogen and oxygen atoms in total. The predicted molar refractivity (Wildman–Crippen MR) is 79.3 cm³/mol. The SMILES string of the molecule is CCN(CC)NC(=O)Cc1cc(=O)[nH]c2ccccc12. The van der Waals surface area contributed by atoms with Gasteiger partial charge in [0.05, 0.1) is 6.42 Å². The van der Waals surface area contributed by atoms with Crippen molar-refractivity contribution in [2.75, 3.05) is 13.1 Å². The average Bonchev–Trinajstić information content (AvgIpc) is 2.44. The van der Waals surface area contributed by atoms with Crippen LogP contribution in [-0.4, -0.2) is 29.0 Å². The lowest BCUT2D eigenvalue weighted by Gasteiger charge is -2.19. The summed E-state index contributed by atoms with van der Waals surface area (Å²) in [6, 6.07) is 8.99. The first-order valence-electron chi connectivity index (χ1n) is 6.79. The number of carbonyl (C=O) groups excluding carboxylic acids is 1. The van der Waals surface area contributed by atoms with Gasteiger partial charge in [-0.3, -0.25) is 15.0 Å². The van der Waals surface area contributed by atoms with Crippen LogP contribution in [0.1, 0.15) is 19.4 Å². The summed E-state index contributed by atoms with van der Waals surface area (Å²) in [5, 5.41) is 2.74. The molecule has 0 atom stereocenters. The molecule has 1 aromatic heterocycles. The van der Waals surface area contributed by atoms with Gasteiger partial charge in [0.2, 0.25) is 11.5 Å². The average molecular weight is 273 g/mol. The van der Waals surface area contributed by atoms with E-state index in [1.807, 2.05) is 43.1 Å². The Morgan fingerprint density at radius 1 is 1.25 bits per heavy atom. The van der Waals surface area contributed by atoms with Gasteiger partial charge in [-0.1, -0.05) is 32.0 Å². The van der Waals surface area contributed by atoms with Crippen LogP contribution in [0.15, 0.2) is 35.1 Å². The topological polar surface area (TPSA) is 65.2 Å². The van der Waals surface area contributed by atoms with Crippen LogP contribution in [0.2, 0.25) is 0 Å². The number of rotatable bonds is 5. The summed E-state index contributed by atoms with van der Waals surface area (Å²) in [4.78, 5) is 26.4. The van der Waals surface area contributed by atoms with Crippen molar-refractivity contribution in [3.63, 3.8) is 0 Å². The number of hydrogen-bond donors (Lipinski definition) is 2. The Labute approximate surface area is 117 Å². The number of carbonyl (C=O) groups is 1. The lowest BCUT2D eigenvalue weighted by molar-refractivity contribution is -0.125. The molecule has 0 radical (unpaired) electrons. The predicted octanol–water partition coefficient (Wildman–Crippen LogP) is 1.44. The zero-order valence-electron chi connectivity index (χ0n) is 11.8. The van der Waals surface area contributed by atoms with Gasteiger partial charge in [-0.2, -0.15) is 0 Å². The second-order valence-corrected chi connectivity index (χ2v) is 4.59. The summed E-state index contributed by atoms with van der Waals surface area (Å²) in [5.41, 5.74) is 4.15. The van der Waals surface area contributed by atoms with Gasteiger partial charge in [0.15, 0.2) is 0 Å². The maximum Gasteiger partial charge on any atom is 0.248 e. The highest BCUT2D eigenvalue weighted by Crippen LogP contribution is 2.14. The van der Waals surface area contributed by atoms with Gasteiger partial charge in [0.25, 0.3) is 0 Å². The number of benzene rings is 1. The van der Waals surface area contributed by atoms with Crippen LogP contribution < -0.4 is 11.0 Å². The molecule has 5 heteroatoms. The third-order valence-electron chi connectivity index (χ3n) is 3.23. The summed E-state index contributed by atoms with van der Waals surface area (Å²) >= 11 is 0.